The summed E-state index contributed by atoms with van der Waals surface area (Å²) in [6.45, 7) is 0. The largest absolute Gasteiger partial charge is 0.254 e. The van der Waals surface area contributed by atoms with E-state index in [4.69, 9.17) is 17.0 Å². The maximum atomic E-state index is 8.59. The molecule has 0 spiro atoms. The molecule has 0 aliphatic carbocycles. The van der Waals surface area contributed by atoms with E-state index in [1.54, 1.807) is 4.42 Å². The van der Waals surface area contributed by atoms with Crippen LogP contribution in [0.5, 0.6) is 0 Å². The van der Waals surface area contributed by atoms with Crippen LogP contribution in [-0.2, 0) is 6.42 Å². The van der Waals surface area contributed by atoms with Gasteiger partial charge in [0.05, 0.1) is 23.9 Å². The van der Waals surface area contributed by atoms with E-state index < -0.39 is 0 Å². The van der Waals surface area contributed by atoms with Crippen molar-refractivity contribution in [3.05, 3.63) is 60.2 Å². The minimum Gasteiger partial charge on any atom is -0.254 e. The Bertz CT molecular complexity index is 514. The van der Waals surface area contributed by atoms with Crippen LogP contribution in [0.4, 0.5) is 11.4 Å². The summed E-state index contributed by atoms with van der Waals surface area (Å²) in [5, 5.41) is 8.59. The topological polar surface area (TPSA) is 27.0 Å². The van der Waals surface area contributed by atoms with E-state index in [-0.39, 0.29) is 0 Å². The molecular weight excluding hydrogens is 232 g/mol. The van der Waals surface area contributed by atoms with E-state index in [0.29, 0.717) is 6.42 Å². The molecule has 0 fully saturated rings. The fourth-order valence-corrected chi connectivity index (χ4v) is 1.77. The van der Waals surface area contributed by atoms with Gasteiger partial charge >= 0.3 is 0 Å². The Balaban J connectivity index is 2.21. The Morgan fingerprint density at radius 2 is 1.53 bits per heavy atom. The number of nitrogens with zero attached hydrogens (tertiary/aromatic N) is 2. The number of hydrogen-bond acceptors (Lipinski definition) is 2. The van der Waals surface area contributed by atoms with E-state index in [1.807, 2.05) is 54.6 Å². The number of hydrogen-bond donors (Lipinski definition) is 0. The van der Waals surface area contributed by atoms with Crippen molar-refractivity contribution in [3.8, 4) is 6.07 Å². The molecule has 84 valence electrons. The Morgan fingerprint density at radius 3 is 2.12 bits per heavy atom. The van der Waals surface area contributed by atoms with E-state index in [2.05, 4.69) is 6.07 Å². The zero-order chi connectivity index (χ0) is 12.1. The number of nitriles is 1. The van der Waals surface area contributed by atoms with Crippen molar-refractivity contribution in [2.24, 2.45) is 0 Å². The molecule has 0 saturated heterocycles. The Kier molecular flexibility index (Phi) is 3.64. The van der Waals surface area contributed by atoms with E-state index in [1.165, 1.54) is 0 Å². The average Bonchev–Trinajstić information content (AvgIpc) is 2.40. The molecule has 0 radical (unpaired) electrons. The molecule has 0 aliphatic heterocycles. The predicted molar refractivity (Wildman–Crippen MR) is 70.2 cm³/mol. The maximum Gasteiger partial charge on any atom is 0.0669 e. The van der Waals surface area contributed by atoms with Crippen molar-refractivity contribution in [2.75, 3.05) is 4.42 Å². The molecule has 0 unspecified atom stereocenters. The molecule has 3 heteroatoms. The molecule has 0 aliphatic rings. The molecular formula is C14H11ClN2. The van der Waals surface area contributed by atoms with Crippen LogP contribution in [0.3, 0.4) is 0 Å². The molecule has 0 aromatic heterocycles. The minimum absolute atomic E-state index is 0.425. The van der Waals surface area contributed by atoms with E-state index in [0.717, 1.165) is 16.9 Å². The van der Waals surface area contributed by atoms with Gasteiger partial charge in [-0.25, -0.2) is 0 Å². The molecule has 2 nitrogen and oxygen atoms in total. The highest BCUT2D eigenvalue weighted by atomic mass is 35.5. The van der Waals surface area contributed by atoms with Gasteiger partial charge in [-0.3, -0.25) is 4.42 Å². The molecule has 17 heavy (non-hydrogen) atoms. The van der Waals surface area contributed by atoms with Crippen LogP contribution in [-0.4, -0.2) is 0 Å². The maximum absolute atomic E-state index is 8.59. The average molecular weight is 243 g/mol. The fraction of sp³-hybridized carbons (Fsp3) is 0.0714. The first-order valence-electron chi connectivity index (χ1n) is 5.28. The van der Waals surface area contributed by atoms with Crippen LogP contribution in [0.25, 0.3) is 0 Å². The van der Waals surface area contributed by atoms with Crippen LogP contribution in [0.15, 0.2) is 54.6 Å². The summed E-state index contributed by atoms with van der Waals surface area (Å²) in [5.74, 6) is 0. The predicted octanol–water partition coefficient (Wildman–Crippen LogP) is 4.04. The third-order valence-corrected chi connectivity index (χ3v) is 2.82. The quantitative estimate of drug-likeness (QED) is 0.760. The van der Waals surface area contributed by atoms with Gasteiger partial charge in [-0.2, -0.15) is 5.26 Å². The van der Waals surface area contributed by atoms with Gasteiger partial charge in [-0.1, -0.05) is 30.3 Å². The second-order valence-corrected chi connectivity index (χ2v) is 3.96. The smallest absolute Gasteiger partial charge is 0.0669 e. The van der Waals surface area contributed by atoms with Gasteiger partial charge in [-0.05, 0) is 29.8 Å². The highest BCUT2D eigenvalue weighted by molar-refractivity contribution is 6.29. The van der Waals surface area contributed by atoms with E-state index in [9.17, 15) is 0 Å². The zero-order valence-corrected chi connectivity index (χ0v) is 9.93. The zero-order valence-electron chi connectivity index (χ0n) is 9.18. The van der Waals surface area contributed by atoms with Crippen molar-refractivity contribution in [3.63, 3.8) is 0 Å². The number of para-hydroxylation sites is 1. The first-order chi connectivity index (χ1) is 8.31. The summed E-state index contributed by atoms with van der Waals surface area (Å²) in [6, 6.07) is 19.5. The Morgan fingerprint density at radius 1 is 0.941 bits per heavy atom. The van der Waals surface area contributed by atoms with Crippen LogP contribution >= 0.6 is 11.8 Å². The highest BCUT2D eigenvalue weighted by Crippen LogP contribution is 2.27. The summed E-state index contributed by atoms with van der Waals surface area (Å²) in [7, 11) is 0. The lowest BCUT2D eigenvalue weighted by molar-refractivity contribution is 1.26. The van der Waals surface area contributed by atoms with Gasteiger partial charge in [0.25, 0.3) is 0 Å². The van der Waals surface area contributed by atoms with Gasteiger partial charge in [0.15, 0.2) is 0 Å². The SMILES string of the molecule is N#CCc1ccc(N(Cl)c2ccccc2)cc1. The van der Waals surface area contributed by atoms with Crippen LogP contribution in [0.1, 0.15) is 5.56 Å². The van der Waals surface area contributed by atoms with Crippen molar-refractivity contribution < 1.29 is 0 Å². The molecule has 2 aromatic carbocycles. The molecule has 0 saturated carbocycles. The number of benzene rings is 2. The van der Waals surface area contributed by atoms with Gasteiger partial charge in [0.1, 0.15) is 0 Å². The third kappa shape index (κ3) is 2.77. The van der Waals surface area contributed by atoms with Crippen molar-refractivity contribution in [1.82, 2.24) is 0 Å². The van der Waals surface area contributed by atoms with Gasteiger partial charge in [0.2, 0.25) is 0 Å². The highest BCUT2D eigenvalue weighted by Gasteiger charge is 2.05. The summed E-state index contributed by atoms with van der Waals surface area (Å²) >= 11 is 6.23. The second-order valence-electron chi connectivity index (χ2n) is 3.62. The molecule has 0 heterocycles. The number of halogens is 1. The molecule has 0 bridgehead atoms. The van der Waals surface area contributed by atoms with Crippen LogP contribution in [0.2, 0.25) is 0 Å². The second kappa shape index (κ2) is 5.38. The lowest BCUT2D eigenvalue weighted by atomic mass is 10.1. The monoisotopic (exact) mass is 242 g/mol. The fourth-order valence-electron chi connectivity index (χ4n) is 1.54. The lowest BCUT2D eigenvalue weighted by Crippen LogP contribution is -2.01. The summed E-state index contributed by atoms with van der Waals surface area (Å²) in [4.78, 5) is 0. The summed E-state index contributed by atoms with van der Waals surface area (Å²) in [6.07, 6.45) is 0.425. The first-order valence-corrected chi connectivity index (χ1v) is 5.62. The lowest BCUT2D eigenvalue weighted by Gasteiger charge is -2.15. The molecule has 0 N–H and O–H groups in total. The van der Waals surface area contributed by atoms with Crippen LogP contribution in [0, 0.1) is 11.3 Å². The number of anilines is 2. The standard InChI is InChI=1S/C14H11ClN2/c15-17(13-4-2-1-3-5-13)14-8-6-12(7-9-14)10-11-16/h1-9H,10H2. The summed E-state index contributed by atoms with van der Waals surface area (Å²) in [5.41, 5.74) is 2.80. The normalized spacial score (nSPS) is 9.65. The minimum atomic E-state index is 0.425. The number of rotatable bonds is 3. The summed E-state index contributed by atoms with van der Waals surface area (Å²) < 4.78 is 1.59. The van der Waals surface area contributed by atoms with Crippen molar-refractivity contribution >= 4 is 23.2 Å². The third-order valence-electron chi connectivity index (χ3n) is 2.43. The molecule has 0 atom stereocenters. The molecule has 2 aromatic rings. The van der Waals surface area contributed by atoms with Gasteiger partial charge in [0, 0.05) is 11.8 Å². The van der Waals surface area contributed by atoms with Gasteiger partial charge in [-0.15, -0.1) is 0 Å². The van der Waals surface area contributed by atoms with Crippen molar-refractivity contribution in [1.29, 1.82) is 5.26 Å². The van der Waals surface area contributed by atoms with Gasteiger partial charge < -0.3 is 0 Å². The van der Waals surface area contributed by atoms with Crippen LogP contribution < -0.4 is 4.42 Å². The Labute approximate surface area is 106 Å². The molecule has 2 rings (SSSR count). The molecule has 0 amide bonds. The van der Waals surface area contributed by atoms with Crippen molar-refractivity contribution in [2.45, 2.75) is 6.42 Å². The first kappa shape index (κ1) is 11.5. The van der Waals surface area contributed by atoms with E-state index >= 15 is 0 Å². The Hall–Kier alpha value is -1.98.